The molecule has 0 N–H and O–H groups in total. The highest BCUT2D eigenvalue weighted by molar-refractivity contribution is 5.93. The Labute approximate surface area is 200 Å². The molecule has 0 radical (unpaired) electrons. The Hall–Kier alpha value is -3.69. The van der Waals surface area contributed by atoms with Gasteiger partial charge in [0.15, 0.2) is 0 Å². The summed E-state index contributed by atoms with van der Waals surface area (Å²) in [7, 11) is 0. The normalized spacial score (nSPS) is 19.7. The van der Waals surface area contributed by atoms with E-state index in [-0.39, 0.29) is 17.2 Å². The highest BCUT2D eigenvalue weighted by atomic mass is 19.3. The number of aryl methyl sites for hydroxylation is 1. The van der Waals surface area contributed by atoms with Crippen LogP contribution in [-0.2, 0) is 12.0 Å². The Morgan fingerprint density at radius 3 is 2.71 bits per heavy atom. The highest BCUT2D eigenvalue weighted by Crippen LogP contribution is 2.42. The fraction of sp³-hybridized carbons (Fsp3) is 0.400. The Balaban J connectivity index is 1.43. The summed E-state index contributed by atoms with van der Waals surface area (Å²) in [6, 6.07) is 7.95. The van der Waals surface area contributed by atoms with Crippen LogP contribution in [0.3, 0.4) is 0 Å². The topological polar surface area (TPSA) is 78.6 Å². The van der Waals surface area contributed by atoms with Crippen LogP contribution >= 0.6 is 0 Å². The molecular formula is C25H26F2N4O4. The van der Waals surface area contributed by atoms with Crippen LogP contribution in [0.15, 0.2) is 47.7 Å². The smallest absolute Gasteiger partial charge is 0.394 e. The molecule has 0 saturated carbocycles. The zero-order chi connectivity index (χ0) is 25.0. The van der Waals surface area contributed by atoms with Crippen molar-refractivity contribution in [2.45, 2.75) is 45.3 Å². The minimum absolute atomic E-state index is 0.0390. The number of ether oxygens (including phenoxy) is 2. The van der Waals surface area contributed by atoms with E-state index in [1.54, 1.807) is 46.3 Å². The molecule has 2 aromatic heterocycles. The monoisotopic (exact) mass is 484 g/mol. The summed E-state index contributed by atoms with van der Waals surface area (Å²) in [4.78, 5) is 32.4. The maximum atomic E-state index is 13.4. The molecule has 35 heavy (non-hydrogen) atoms. The maximum absolute atomic E-state index is 13.4. The maximum Gasteiger partial charge on any atom is 0.394 e. The summed E-state index contributed by atoms with van der Waals surface area (Å²) >= 11 is 0. The fourth-order valence-electron chi connectivity index (χ4n) is 4.84. The third-order valence-corrected chi connectivity index (χ3v) is 6.59. The predicted octanol–water partition coefficient (Wildman–Crippen LogP) is 3.53. The van der Waals surface area contributed by atoms with Gasteiger partial charge in [-0.1, -0.05) is 6.92 Å². The average molecular weight is 485 g/mol. The van der Waals surface area contributed by atoms with Crippen LogP contribution in [0.2, 0.25) is 0 Å². The Bertz CT molecular complexity index is 1360. The van der Waals surface area contributed by atoms with E-state index in [1.165, 1.54) is 10.6 Å². The van der Waals surface area contributed by atoms with E-state index in [0.717, 1.165) is 5.69 Å². The number of amides is 1. The first-order valence-corrected chi connectivity index (χ1v) is 11.4. The summed E-state index contributed by atoms with van der Waals surface area (Å²) in [5.41, 5.74) is 1.46. The molecule has 0 aliphatic carbocycles. The van der Waals surface area contributed by atoms with Crippen molar-refractivity contribution in [2.75, 3.05) is 19.7 Å². The fourth-order valence-corrected chi connectivity index (χ4v) is 4.84. The molecule has 1 amide bonds. The first-order chi connectivity index (χ1) is 16.5. The molecule has 2 aliphatic rings. The second-order valence-electron chi connectivity index (χ2n) is 9.44. The number of hydrogen-bond acceptors (Lipinski definition) is 5. The average Bonchev–Trinajstić information content (AvgIpc) is 3.22. The van der Waals surface area contributed by atoms with Crippen molar-refractivity contribution in [1.29, 1.82) is 0 Å². The Kier molecular flexibility index (Phi) is 5.41. The van der Waals surface area contributed by atoms with Crippen LogP contribution in [-0.4, -0.2) is 50.7 Å². The van der Waals surface area contributed by atoms with Crippen LogP contribution < -0.4 is 15.0 Å². The number of rotatable bonds is 5. The summed E-state index contributed by atoms with van der Waals surface area (Å²) in [6.07, 6.45) is 0.623. The van der Waals surface area contributed by atoms with Crippen molar-refractivity contribution in [2.24, 2.45) is 0 Å². The molecule has 4 heterocycles. The molecule has 8 nitrogen and oxygen atoms in total. The number of benzene rings is 1. The van der Waals surface area contributed by atoms with Crippen LogP contribution in [0.1, 0.15) is 42.0 Å². The number of halogens is 2. The Morgan fingerprint density at radius 1 is 1.20 bits per heavy atom. The molecule has 0 saturated heterocycles. The van der Waals surface area contributed by atoms with E-state index in [9.17, 15) is 18.4 Å². The zero-order valence-electron chi connectivity index (χ0n) is 19.8. The lowest BCUT2D eigenvalue weighted by Crippen LogP contribution is -2.50. The minimum Gasteiger partial charge on any atom is -0.493 e. The number of fused-ring (bicyclic) bond motifs is 2. The Morgan fingerprint density at radius 2 is 2.00 bits per heavy atom. The molecule has 3 aromatic rings. The number of pyridine rings is 1. The van der Waals surface area contributed by atoms with Crippen LogP contribution in [0, 0.1) is 6.92 Å². The highest BCUT2D eigenvalue weighted by Gasteiger charge is 2.39. The van der Waals surface area contributed by atoms with Gasteiger partial charge in [-0.3, -0.25) is 9.59 Å². The van der Waals surface area contributed by atoms with Crippen LogP contribution in [0.25, 0.3) is 5.69 Å². The SMILES string of the molecule is Cc1cn(-c2ccc3n(c2=O)CCN(C[C@]2(C)CCOc4ccc(OC(C)(F)F)cc42)C3=O)cn1. The number of nitrogens with zero attached hydrogens (tertiary/aromatic N) is 4. The van der Waals surface area contributed by atoms with Gasteiger partial charge in [-0.25, -0.2) is 4.98 Å². The van der Waals surface area contributed by atoms with Gasteiger partial charge in [0.2, 0.25) is 0 Å². The number of carbonyl (C=O) groups excluding carboxylic acids is 1. The van der Waals surface area contributed by atoms with Gasteiger partial charge in [-0.15, -0.1) is 0 Å². The second-order valence-corrected chi connectivity index (χ2v) is 9.44. The lowest BCUT2D eigenvalue weighted by molar-refractivity contribution is -0.159. The van der Waals surface area contributed by atoms with Crippen molar-refractivity contribution in [1.82, 2.24) is 19.0 Å². The summed E-state index contributed by atoms with van der Waals surface area (Å²) in [6.45, 7) is 6.02. The predicted molar refractivity (Wildman–Crippen MR) is 124 cm³/mol. The molecule has 0 fully saturated rings. The first kappa shape index (κ1) is 23.1. The largest absolute Gasteiger partial charge is 0.493 e. The van der Waals surface area contributed by atoms with Crippen molar-refractivity contribution < 1.29 is 23.0 Å². The molecule has 0 spiro atoms. The van der Waals surface area contributed by atoms with Crippen molar-refractivity contribution in [3.63, 3.8) is 0 Å². The molecule has 2 aliphatic heterocycles. The van der Waals surface area contributed by atoms with Crippen LogP contribution in [0.4, 0.5) is 8.78 Å². The van der Waals surface area contributed by atoms with Gasteiger partial charge in [0.25, 0.3) is 11.5 Å². The third-order valence-electron chi connectivity index (χ3n) is 6.59. The lowest BCUT2D eigenvalue weighted by atomic mass is 9.77. The second kappa shape index (κ2) is 8.21. The van der Waals surface area contributed by atoms with Gasteiger partial charge in [-0.2, -0.15) is 8.78 Å². The van der Waals surface area contributed by atoms with E-state index in [1.807, 2.05) is 13.8 Å². The molecule has 0 unspecified atom stereocenters. The number of imidazole rings is 1. The molecule has 1 atom stereocenters. The van der Waals surface area contributed by atoms with E-state index in [4.69, 9.17) is 9.47 Å². The van der Waals surface area contributed by atoms with Gasteiger partial charge >= 0.3 is 6.11 Å². The number of alkyl halides is 2. The standard InChI is InChI=1S/C25H26F2N4O4/c1-16-13-30(15-28-16)19-5-6-20-22(32)29(9-10-31(20)23(19)33)14-24(2)8-11-34-21-7-4-17(12-18(21)24)35-25(3,26)27/h4-7,12-13,15H,8-11,14H2,1-3H3/t24-/m0/s1. The van der Waals surface area contributed by atoms with Crippen molar-refractivity contribution in [3.8, 4) is 17.2 Å². The van der Waals surface area contributed by atoms with Gasteiger partial charge in [-0.05, 0) is 43.7 Å². The van der Waals surface area contributed by atoms with Gasteiger partial charge in [0, 0.05) is 43.7 Å². The molecular weight excluding hydrogens is 458 g/mol. The first-order valence-electron chi connectivity index (χ1n) is 11.4. The molecule has 184 valence electrons. The number of hydrogen-bond donors (Lipinski definition) is 0. The van der Waals surface area contributed by atoms with Gasteiger partial charge in [0.1, 0.15) is 22.9 Å². The number of aromatic nitrogens is 3. The van der Waals surface area contributed by atoms with Gasteiger partial charge < -0.3 is 23.5 Å². The molecule has 0 bridgehead atoms. The van der Waals surface area contributed by atoms with Crippen molar-refractivity contribution >= 4 is 5.91 Å². The van der Waals surface area contributed by atoms with E-state index >= 15 is 0 Å². The summed E-state index contributed by atoms with van der Waals surface area (Å²) in [5, 5.41) is 0. The molecule has 10 heteroatoms. The summed E-state index contributed by atoms with van der Waals surface area (Å²) in [5.74, 6) is 0.382. The van der Waals surface area contributed by atoms with E-state index in [2.05, 4.69) is 4.98 Å². The quantitative estimate of drug-likeness (QED) is 0.554. The third kappa shape index (κ3) is 4.28. The molecule has 1 aromatic carbocycles. The van der Waals surface area contributed by atoms with E-state index < -0.39 is 11.5 Å². The van der Waals surface area contributed by atoms with E-state index in [0.29, 0.717) is 62.3 Å². The number of carbonyl (C=O) groups is 1. The van der Waals surface area contributed by atoms with Crippen molar-refractivity contribution in [3.05, 3.63) is 70.2 Å². The lowest BCUT2D eigenvalue weighted by Gasteiger charge is -2.41. The summed E-state index contributed by atoms with van der Waals surface area (Å²) < 4.78 is 40.5. The van der Waals surface area contributed by atoms with Crippen LogP contribution in [0.5, 0.6) is 11.5 Å². The van der Waals surface area contributed by atoms with Gasteiger partial charge in [0.05, 0.1) is 18.6 Å². The zero-order valence-corrected chi connectivity index (χ0v) is 19.8. The molecule has 5 rings (SSSR count). The minimum atomic E-state index is -3.31.